The minimum absolute atomic E-state index is 0.0634. The lowest BCUT2D eigenvalue weighted by Gasteiger charge is -2.37. The summed E-state index contributed by atoms with van der Waals surface area (Å²) >= 11 is 0. The normalized spacial score (nSPS) is 23.1. The Bertz CT molecular complexity index is 522. The second-order valence-corrected chi connectivity index (χ2v) is 7.13. The van der Waals surface area contributed by atoms with Crippen LogP contribution in [-0.2, 0) is 10.0 Å². The van der Waals surface area contributed by atoms with Crippen LogP contribution in [0.3, 0.4) is 0 Å². The Morgan fingerprint density at radius 1 is 1.32 bits per heavy atom. The molecule has 0 atom stereocenters. The SMILES string of the molecule is Cc1ccccc1C1CC(NCCCS(N)(=O)=O)C1. The maximum absolute atomic E-state index is 10.8. The van der Waals surface area contributed by atoms with Gasteiger partial charge in [-0.3, -0.25) is 0 Å². The summed E-state index contributed by atoms with van der Waals surface area (Å²) in [6, 6.07) is 9.04. The summed E-state index contributed by atoms with van der Waals surface area (Å²) in [6.07, 6.45) is 2.87. The first-order valence-electron chi connectivity index (χ1n) is 6.75. The number of aryl methyl sites for hydroxylation is 1. The number of rotatable bonds is 6. The molecule has 0 spiro atoms. The number of hydrogen-bond donors (Lipinski definition) is 2. The lowest BCUT2D eigenvalue weighted by atomic mass is 9.74. The second-order valence-electron chi connectivity index (χ2n) is 5.40. The molecule has 0 radical (unpaired) electrons. The molecule has 0 aromatic heterocycles. The summed E-state index contributed by atoms with van der Waals surface area (Å²) in [4.78, 5) is 0. The van der Waals surface area contributed by atoms with E-state index in [2.05, 4.69) is 36.5 Å². The van der Waals surface area contributed by atoms with Crippen LogP contribution in [0.4, 0.5) is 0 Å². The first-order chi connectivity index (χ1) is 8.96. The molecule has 1 saturated carbocycles. The minimum Gasteiger partial charge on any atom is -0.314 e. The third kappa shape index (κ3) is 4.30. The molecule has 1 aromatic rings. The third-order valence-corrected chi connectivity index (χ3v) is 4.66. The van der Waals surface area contributed by atoms with E-state index in [1.165, 1.54) is 11.1 Å². The first-order valence-corrected chi connectivity index (χ1v) is 8.46. The zero-order valence-corrected chi connectivity index (χ0v) is 12.1. The lowest BCUT2D eigenvalue weighted by molar-refractivity contribution is 0.291. The summed E-state index contributed by atoms with van der Waals surface area (Å²) in [5.41, 5.74) is 2.81. The zero-order valence-electron chi connectivity index (χ0n) is 11.3. The largest absolute Gasteiger partial charge is 0.314 e. The summed E-state index contributed by atoms with van der Waals surface area (Å²) < 4.78 is 21.6. The zero-order chi connectivity index (χ0) is 13.9. The molecule has 0 unspecified atom stereocenters. The van der Waals surface area contributed by atoms with Crippen molar-refractivity contribution in [1.29, 1.82) is 0 Å². The van der Waals surface area contributed by atoms with Gasteiger partial charge in [-0.15, -0.1) is 0 Å². The molecular formula is C14H22N2O2S. The predicted octanol–water partition coefficient (Wildman–Crippen LogP) is 1.51. The highest BCUT2D eigenvalue weighted by molar-refractivity contribution is 7.89. The van der Waals surface area contributed by atoms with Gasteiger partial charge in [-0.2, -0.15) is 0 Å². The molecule has 1 fully saturated rings. The van der Waals surface area contributed by atoms with Crippen LogP contribution in [0.5, 0.6) is 0 Å². The third-order valence-electron chi connectivity index (χ3n) is 3.81. The summed E-state index contributed by atoms with van der Waals surface area (Å²) in [5, 5.41) is 8.35. The van der Waals surface area contributed by atoms with Gasteiger partial charge in [0.25, 0.3) is 0 Å². The highest BCUT2D eigenvalue weighted by Crippen LogP contribution is 2.38. The Morgan fingerprint density at radius 3 is 2.63 bits per heavy atom. The molecule has 2 rings (SSSR count). The Morgan fingerprint density at radius 2 is 2.00 bits per heavy atom. The number of hydrogen-bond acceptors (Lipinski definition) is 3. The molecule has 1 aliphatic carbocycles. The van der Waals surface area contributed by atoms with Crippen LogP contribution in [0.25, 0.3) is 0 Å². The molecule has 0 amide bonds. The summed E-state index contributed by atoms with van der Waals surface area (Å²) in [7, 11) is -3.31. The van der Waals surface area contributed by atoms with Crippen LogP contribution in [0.2, 0.25) is 0 Å². The smallest absolute Gasteiger partial charge is 0.209 e. The van der Waals surface area contributed by atoms with Gasteiger partial charge in [-0.1, -0.05) is 24.3 Å². The van der Waals surface area contributed by atoms with E-state index >= 15 is 0 Å². The van der Waals surface area contributed by atoms with Crippen LogP contribution < -0.4 is 10.5 Å². The van der Waals surface area contributed by atoms with Crippen molar-refractivity contribution in [1.82, 2.24) is 5.32 Å². The topological polar surface area (TPSA) is 72.2 Å². The number of nitrogens with one attached hydrogen (secondary N) is 1. The fourth-order valence-electron chi connectivity index (χ4n) is 2.66. The Hall–Kier alpha value is -0.910. The maximum atomic E-state index is 10.8. The van der Waals surface area contributed by atoms with Crippen molar-refractivity contribution in [3.8, 4) is 0 Å². The van der Waals surface area contributed by atoms with E-state index in [-0.39, 0.29) is 5.75 Å². The van der Waals surface area contributed by atoms with Gasteiger partial charge in [-0.25, -0.2) is 13.6 Å². The number of primary sulfonamides is 1. The van der Waals surface area contributed by atoms with Gasteiger partial charge in [0, 0.05) is 6.04 Å². The van der Waals surface area contributed by atoms with Crippen molar-refractivity contribution in [2.24, 2.45) is 5.14 Å². The monoisotopic (exact) mass is 282 g/mol. The molecule has 19 heavy (non-hydrogen) atoms. The van der Waals surface area contributed by atoms with Crippen molar-refractivity contribution in [2.75, 3.05) is 12.3 Å². The Kier molecular flexibility index (Phi) is 4.60. The van der Waals surface area contributed by atoms with Gasteiger partial charge in [0.15, 0.2) is 0 Å². The first kappa shape index (κ1) is 14.5. The van der Waals surface area contributed by atoms with Crippen LogP contribution >= 0.6 is 0 Å². The molecule has 0 aliphatic heterocycles. The second kappa shape index (κ2) is 6.03. The molecule has 0 saturated heterocycles. The molecule has 1 aliphatic rings. The van der Waals surface area contributed by atoms with Crippen molar-refractivity contribution in [2.45, 2.75) is 38.1 Å². The lowest BCUT2D eigenvalue weighted by Crippen LogP contribution is -2.41. The highest BCUT2D eigenvalue weighted by Gasteiger charge is 2.30. The molecular weight excluding hydrogens is 260 g/mol. The number of nitrogens with two attached hydrogens (primary N) is 1. The summed E-state index contributed by atoms with van der Waals surface area (Å²) in [5.74, 6) is 0.713. The standard InChI is InChI=1S/C14H22N2O2S/c1-11-5-2-3-6-14(11)12-9-13(10-12)16-7-4-8-19(15,17)18/h2-3,5-6,12-13,16H,4,7-10H2,1H3,(H2,15,17,18). The van der Waals surface area contributed by atoms with E-state index in [1.54, 1.807) is 0 Å². The van der Waals surface area contributed by atoms with Crippen molar-refractivity contribution >= 4 is 10.0 Å². The van der Waals surface area contributed by atoms with E-state index < -0.39 is 10.0 Å². The van der Waals surface area contributed by atoms with Gasteiger partial charge in [0.05, 0.1) is 5.75 Å². The van der Waals surface area contributed by atoms with E-state index in [1.807, 2.05) is 0 Å². The number of benzene rings is 1. The molecule has 1 aromatic carbocycles. The molecule has 4 nitrogen and oxygen atoms in total. The van der Waals surface area contributed by atoms with Crippen LogP contribution in [0.1, 0.15) is 36.3 Å². The molecule has 5 heteroatoms. The average molecular weight is 282 g/mol. The average Bonchev–Trinajstić information content (AvgIpc) is 2.27. The van der Waals surface area contributed by atoms with E-state index in [0.29, 0.717) is 18.4 Å². The maximum Gasteiger partial charge on any atom is 0.209 e. The molecule has 0 bridgehead atoms. The van der Waals surface area contributed by atoms with Gasteiger partial charge in [-0.05, 0) is 49.8 Å². The quantitative estimate of drug-likeness (QED) is 0.777. The van der Waals surface area contributed by atoms with Crippen LogP contribution in [-0.4, -0.2) is 26.8 Å². The van der Waals surface area contributed by atoms with E-state index in [0.717, 1.165) is 19.4 Å². The van der Waals surface area contributed by atoms with Crippen LogP contribution in [0, 0.1) is 6.92 Å². The van der Waals surface area contributed by atoms with E-state index in [9.17, 15) is 8.42 Å². The molecule has 0 heterocycles. The fraction of sp³-hybridized carbons (Fsp3) is 0.571. The van der Waals surface area contributed by atoms with Gasteiger partial charge >= 0.3 is 0 Å². The fourth-order valence-corrected chi connectivity index (χ4v) is 3.21. The predicted molar refractivity (Wildman–Crippen MR) is 77.5 cm³/mol. The van der Waals surface area contributed by atoms with Crippen LogP contribution in [0.15, 0.2) is 24.3 Å². The Labute approximate surface area is 115 Å². The number of sulfonamides is 1. The molecule has 106 valence electrons. The summed E-state index contributed by atoms with van der Waals surface area (Å²) in [6.45, 7) is 2.88. The van der Waals surface area contributed by atoms with Crippen molar-refractivity contribution < 1.29 is 8.42 Å². The Balaban J connectivity index is 1.68. The van der Waals surface area contributed by atoms with Crippen molar-refractivity contribution in [3.63, 3.8) is 0 Å². The van der Waals surface area contributed by atoms with Gasteiger partial charge in [0.1, 0.15) is 0 Å². The van der Waals surface area contributed by atoms with Gasteiger partial charge < -0.3 is 5.32 Å². The van der Waals surface area contributed by atoms with Gasteiger partial charge in [0.2, 0.25) is 10.0 Å². The molecule has 3 N–H and O–H groups in total. The van der Waals surface area contributed by atoms with Crippen molar-refractivity contribution in [3.05, 3.63) is 35.4 Å². The highest BCUT2D eigenvalue weighted by atomic mass is 32.2. The minimum atomic E-state index is -3.31. The van der Waals surface area contributed by atoms with E-state index in [4.69, 9.17) is 5.14 Å².